The number of nitrogens with zero attached hydrogens (tertiary/aromatic N) is 1. The third-order valence-corrected chi connectivity index (χ3v) is 3.66. The lowest BCUT2D eigenvalue weighted by Crippen LogP contribution is -2.45. The molecule has 0 aliphatic carbocycles. The number of aromatic nitrogens is 1. The number of hydrogen-bond acceptors (Lipinski definition) is 3. The van der Waals surface area contributed by atoms with Gasteiger partial charge in [-0.15, -0.1) is 11.3 Å². The van der Waals surface area contributed by atoms with Crippen molar-refractivity contribution < 1.29 is 0 Å². The molecule has 3 heteroatoms. The normalized spacial score (nSPS) is 15.5. The molecule has 2 nitrogen and oxygen atoms in total. The van der Waals surface area contributed by atoms with Crippen LogP contribution in [-0.4, -0.2) is 11.0 Å². The van der Waals surface area contributed by atoms with E-state index in [-0.39, 0.29) is 5.54 Å². The van der Waals surface area contributed by atoms with Crippen molar-refractivity contribution >= 4 is 11.3 Å². The predicted molar refractivity (Wildman–Crippen MR) is 67.3 cm³/mol. The maximum atomic E-state index is 4.49. The lowest BCUT2D eigenvalue weighted by atomic mass is 9.90. The van der Waals surface area contributed by atoms with E-state index in [2.05, 4.69) is 43.4 Å². The van der Waals surface area contributed by atoms with Gasteiger partial charge in [0.05, 0.1) is 5.54 Å². The number of thiazole rings is 1. The van der Waals surface area contributed by atoms with Gasteiger partial charge in [0, 0.05) is 17.6 Å². The summed E-state index contributed by atoms with van der Waals surface area (Å²) < 4.78 is 0. The van der Waals surface area contributed by atoms with Gasteiger partial charge in [0.1, 0.15) is 5.01 Å². The van der Waals surface area contributed by atoms with Gasteiger partial charge < -0.3 is 5.32 Å². The lowest BCUT2D eigenvalue weighted by Gasteiger charge is -2.34. The first-order valence-corrected chi connectivity index (χ1v) is 6.70. The third kappa shape index (κ3) is 3.02. The van der Waals surface area contributed by atoms with E-state index in [0.717, 1.165) is 12.8 Å². The Morgan fingerprint density at radius 3 is 2.60 bits per heavy atom. The minimum absolute atomic E-state index is 0.0943. The first kappa shape index (κ1) is 12.7. The van der Waals surface area contributed by atoms with Crippen molar-refractivity contribution in [2.75, 3.05) is 0 Å². The molecular formula is C12H22N2S. The Hall–Kier alpha value is -0.410. The number of nitrogens with one attached hydrogen (secondary N) is 1. The molecule has 0 aromatic carbocycles. The van der Waals surface area contributed by atoms with Crippen LogP contribution in [0.3, 0.4) is 0 Å². The summed E-state index contributed by atoms with van der Waals surface area (Å²) in [6, 6.07) is 0.500. The fourth-order valence-corrected chi connectivity index (χ4v) is 3.01. The van der Waals surface area contributed by atoms with Gasteiger partial charge >= 0.3 is 0 Å². The third-order valence-electron chi connectivity index (χ3n) is 2.69. The molecule has 1 rings (SSSR count). The van der Waals surface area contributed by atoms with Gasteiger partial charge in [-0.05, 0) is 26.7 Å². The highest BCUT2D eigenvalue weighted by Crippen LogP contribution is 2.32. The maximum Gasteiger partial charge on any atom is 0.113 e. The second-order valence-corrected chi connectivity index (χ2v) is 5.22. The van der Waals surface area contributed by atoms with Crippen LogP contribution in [0.15, 0.2) is 11.6 Å². The molecule has 0 bridgehead atoms. The predicted octanol–water partition coefficient (Wildman–Crippen LogP) is 3.55. The van der Waals surface area contributed by atoms with Crippen LogP contribution in [0.1, 0.15) is 52.0 Å². The molecule has 1 aromatic rings. The van der Waals surface area contributed by atoms with Gasteiger partial charge in [-0.25, -0.2) is 4.98 Å². The summed E-state index contributed by atoms with van der Waals surface area (Å²) in [6.07, 6.45) is 5.36. The Labute approximate surface area is 97.1 Å². The van der Waals surface area contributed by atoms with Crippen molar-refractivity contribution in [1.82, 2.24) is 10.3 Å². The Kier molecular flexibility index (Phi) is 4.74. The molecule has 0 aliphatic heterocycles. The van der Waals surface area contributed by atoms with Crippen LogP contribution in [0, 0.1) is 0 Å². The molecule has 1 aromatic heterocycles. The fraction of sp³-hybridized carbons (Fsp3) is 0.750. The minimum atomic E-state index is 0.0943. The van der Waals surface area contributed by atoms with Gasteiger partial charge in [0.2, 0.25) is 0 Å². The molecule has 0 saturated carbocycles. The van der Waals surface area contributed by atoms with Crippen LogP contribution >= 0.6 is 11.3 Å². The molecule has 0 saturated heterocycles. The largest absolute Gasteiger partial charge is 0.303 e. The molecule has 86 valence electrons. The quantitative estimate of drug-likeness (QED) is 0.802. The summed E-state index contributed by atoms with van der Waals surface area (Å²) >= 11 is 1.76. The van der Waals surface area contributed by atoms with Crippen LogP contribution in [0.5, 0.6) is 0 Å². The molecule has 0 aliphatic rings. The summed E-state index contributed by atoms with van der Waals surface area (Å²) in [5, 5.41) is 7.00. The van der Waals surface area contributed by atoms with Crippen LogP contribution in [0.2, 0.25) is 0 Å². The second kappa shape index (κ2) is 5.61. The highest BCUT2D eigenvalue weighted by Gasteiger charge is 2.32. The zero-order valence-corrected chi connectivity index (χ0v) is 11.0. The summed E-state index contributed by atoms with van der Waals surface area (Å²) in [4.78, 5) is 4.49. The van der Waals surface area contributed by atoms with Gasteiger partial charge in [0.25, 0.3) is 0 Å². The van der Waals surface area contributed by atoms with E-state index in [0.29, 0.717) is 6.04 Å². The highest BCUT2D eigenvalue weighted by molar-refractivity contribution is 7.09. The maximum absolute atomic E-state index is 4.49. The van der Waals surface area contributed by atoms with E-state index in [1.54, 1.807) is 11.3 Å². The Morgan fingerprint density at radius 1 is 1.47 bits per heavy atom. The van der Waals surface area contributed by atoms with Crippen molar-refractivity contribution in [1.29, 1.82) is 0 Å². The van der Waals surface area contributed by atoms with Crippen LogP contribution in [0.25, 0.3) is 0 Å². The van der Waals surface area contributed by atoms with E-state index in [1.807, 2.05) is 6.20 Å². The van der Waals surface area contributed by atoms with E-state index < -0.39 is 0 Å². The Balaban J connectivity index is 2.92. The second-order valence-electron chi connectivity index (χ2n) is 4.32. The summed E-state index contributed by atoms with van der Waals surface area (Å²) in [5.74, 6) is 0. The molecule has 1 heterocycles. The van der Waals surface area contributed by atoms with Crippen molar-refractivity contribution in [2.45, 2.75) is 58.5 Å². The molecule has 0 radical (unpaired) electrons. The molecule has 15 heavy (non-hydrogen) atoms. The summed E-state index contributed by atoms with van der Waals surface area (Å²) in [7, 11) is 0. The Bertz CT molecular complexity index is 269. The first-order valence-electron chi connectivity index (χ1n) is 5.82. The van der Waals surface area contributed by atoms with Crippen molar-refractivity contribution in [3.63, 3.8) is 0 Å². The van der Waals surface area contributed by atoms with Gasteiger partial charge in [-0.3, -0.25) is 0 Å². The van der Waals surface area contributed by atoms with Crippen molar-refractivity contribution in [3.05, 3.63) is 16.6 Å². The number of hydrogen-bond donors (Lipinski definition) is 1. The van der Waals surface area contributed by atoms with E-state index in [1.165, 1.54) is 11.4 Å². The SMILES string of the molecule is CCCC(CC)(NC(C)C)c1nccs1. The summed E-state index contributed by atoms with van der Waals surface area (Å²) in [5.41, 5.74) is 0.0943. The fourth-order valence-electron chi connectivity index (χ4n) is 2.11. The molecule has 0 fully saturated rings. The van der Waals surface area contributed by atoms with Gasteiger partial charge in [-0.1, -0.05) is 20.3 Å². The molecule has 1 N–H and O–H groups in total. The average molecular weight is 226 g/mol. The summed E-state index contributed by atoms with van der Waals surface area (Å²) in [6.45, 7) is 8.88. The van der Waals surface area contributed by atoms with Gasteiger partial charge in [-0.2, -0.15) is 0 Å². The molecule has 0 amide bonds. The van der Waals surface area contributed by atoms with E-state index in [9.17, 15) is 0 Å². The monoisotopic (exact) mass is 226 g/mol. The molecular weight excluding hydrogens is 204 g/mol. The zero-order valence-electron chi connectivity index (χ0n) is 10.2. The standard InChI is InChI=1S/C12H22N2S/c1-5-7-12(6-2,14-10(3)4)11-13-8-9-15-11/h8-10,14H,5-7H2,1-4H3. The van der Waals surface area contributed by atoms with E-state index in [4.69, 9.17) is 0 Å². The zero-order chi connectivity index (χ0) is 11.3. The molecule has 0 spiro atoms. The van der Waals surface area contributed by atoms with Crippen LogP contribution in [0.4, 0.5) is 0 Å². The average Bonchev–Trinajstić information content (AvgIpc) is 2.69. The smallest absolute Gasteiger partial charge is 0.113 e. The van der Waals surface area contributed by atoms with Crippen LogP contribution in [-0.2, 0) is 5.54 Å². The van der Waals surface area contributed by atoms with Crippen molar-refractivity contribution in [2.24, 2.45) is 0 Å². The van der Waals surface area contributed by atoms with Crippen molar-refractivity contribution in [3.8, 4) is 0 Å². The minimum Gasteiger partial charge on any atom is -0.303 e. The Morgan fingerprint density at radius 2 is 2.20 bits per heavy atom. The lowest BCUT2D eigenvalue weighted by molar-refractivity contribution is 0.269. The first-order chi connectivity index (χ1) is 7.14. The highest BCUT2D eigenvalue weighted by atomic mass is 32.1. The molecule has 1 unspecified atom stereocenters. The number of rotatable bonds is 6. The topological polar surface area (TPSA) is 24.9 Å². The van der Waals surface area contributed by atoms with Gasteiger partial charge in [0.15, 0.2) is 0 Å². The van der Waals surface area contributed by atoms with E-state index >= 15 is 0 Å². The van der Waals surface area contributed by atoms with Crippen LogP contribution < -0.4 is 5.32 Å². The molecule has 1 atom stereocenters.